The van der Waals surface area contributed by atoms with Crippen molar-refractivity contribution in [2.24, 2.45) is 23.0 Å². The van der Waals surface area contributed by atoms with Gasteiger partial charge in [-0.05, 0) is 31.1 Å². The van der Waals surface area contributed by atoms with Gasteiger partial charge in [0.2, 0.25) is 5.91 Å². The SMILES string of the molecule is CC1CC(C)CN(C(=O)C2(CN)CCCCC2)C1. The minimum atomic E-state index is -0.227. The van der Waals surface area contributed by atoms with Gasteiger partial charge in [-0.2, -0.15) is 0 Å². The molecule has 2 N–H and O–H groups in total. The minimum absolute atomic E-state index is 0.227. The summed E-state index contributed by atoms with van der Waals surface area (Å²) in [4.78, 5) is 15.0. The topological polar surface area (TPSA) is 46.3 Å². The van der Waals surface area contributed by atoms with Crippen molar-refractivity contribution in [2.45, 2.75) is 52.4 Å². The number of hydrogen-bond acceptors (Lipinski definition) is 2. The first-order chi connectivity index (χ1) is 8.57. The lowest BCUT2D eigenvalue weighted by atomic mass is 9.72. The molecule has 0 spiro atoms. The number of piperidine rings is 1. The average molecular weight is 252 g/mol. The Bertz CT molecular complexity index is 287. The third-order valence-corrected chi connectivity index (χ3v) is 4.81. The zero-order valence-electron chi connectivity index (χ0n) is 12.0. The van der Waals surface area contributed by atoms with Crippen LogP contribution in [0.5, 0.6) is 0 Å². The van der Waals surface area contributed by atoms with Crippen LogP contribution in [0, 0.1) is 17.3 Å². The lowest BCUT2D eigenvalue weighted by Gasteiger charge is -2.43. The van der Waals surface area contributed by atoms with Crippen molar-refractivity contribution in [1.82, 2.24) is 4.90 Å². The smallest absolute Gasteiger partial charge is 0.230 e. The third-order valence-electron chi connectivity index (χ3n) is 4.81. The molecule has 1 saturated heterocycles. The standard InChI is InChI=1S/C15H28N2O/c1-12-8-13(2)10-17(9-12)14(18)15(11-16)6-4-3-5-7-15/h12-13H,3-11,16H2,1-2H3. The van der Waals surface area contributed by atoms with Crippen LogP contribution in [0.1, 0.15) is 52.4 Å². The van der Waals surface area contributed by atoms with E-state index in [0.717, 1.165) is 25.9 Å². The number of carbonyl (C=O) groups excluding carboxylic acids is 1. The van der Waals surface area contributed by atoms with Crippen LogP contribution < -0.4 is 5.73 Å². The largest absolute Gasteiger partial charge is 0.342 e. The highest BCUT2D eigenvalue weighted by Crippen LogP contribution is 2.38. The Morgan fingerprint density at radius 3 is 2.22 bits per heavy atom. The summed E-state index contributed by atoms with van der Waals surface area (Å²) in [6, 6.07) is 0. The van der Waals surface area contributed by atoms with Crippen LogP contribution in [0.4, 0.5) is 0 Å². The summed E-state index contributed by atoms with van der Waals surface area (Å²) >= 11 is 0. The second kappa shape index (κ2) is 5.60. The normalized spacial score (nSPS) is 32.3. The highest BCUT2D eigenvalue weighted by molar-refractivity contribution is 5.83. The van der Waals surface area contributed by atoms with E-state index in [1.807, 2.05) is 0 Å². The summed E-state index contributed by atoms with van der Waals surface area (Å²) in [6.45, 7) is 6.92. The summed E-state index contributed by atoms with van der Waals surface area (Å²) in [5.74, 6) is 1.62. The van der Waals surface area contributed by atoms with Gasteiger partial charge in [0.25, 0.3) is 0 Å². The molecule has 3 nitrogen and oxygen atoms in total. The van der Waals surface area contributed by atoms with Crippen molar-refractivity contribution in [3.8, 4) is 0 Å². The summed E-state index contributed by atoms with van der Waals surface area (Å²) in [6.07, 6.45) is 6.86. The monoisotopic (exact) mass is 252 g/mol. The maximum Gasteiger partial charge on any atom is 0.230 e. The van der Waals surface area contributed by atoms with Gasteiger partial charge in [-0.15, -0.1) is 0 Å². The molecular formula is C15H28N2O. The van der Waals surface area contributed by atoms with Gasteiger partial charge >= 0.3 is 0 Å². The van der Waals surface area contributed by atoms with Crippen molar-refractivity contribution < 1.29 is 4.79 Å². The number of hydrogen-bond donors (Lipinski definition) is 1. The average Bonchev–Trinajstić information content (AvgIpc) is 2.37. The fraction of sp³-hybridized carbons (Fsp3) is 0.933. The molecule has 1 saturated carbocycles. The molecule has 2 unspecified atom stereocenters. The molecule has 3 heteroatoms. The van der Waals surface area contributed by atoms with E-state index >= 15 is 0 Å². The molecule has 0 aromatic rings. The Hall–Kier alpha value is -0.570. The lowest BCUT2D eigenvalue weighted by Crippen LogP contribution is -2.53. The van der Waals surface area contributed by atoms with Crippen molar-refractivity contribution in [3.63, 3.8) is 0 Å². The molecular weight excluding hydrogens is 224 g/mol. The van der Waals surface area contributed by atoms with Crippen molar-refractivity contribution >= 4 is 5.91 Å². The van der Waals surface area contributed by atoms with Gasteiger partial charge in [-0.1, -0.05) is 33.1 Å². The second-order valence-corrected chi connectivity index (χ2v) is 6.70. The minimum Gasteiger partial charge on any atom is -0.342 e. The first kappa shape index (κ1) is 13.9. The molecule has 104 valence electrons. The highest BCUT2D eigenvalue weighted by atomic mass is 16.2. The Morgan fingerprint density at radius 1 is 1.17 bits per heavy atom. The van der Waals surface area contributed by atoms with Gasteiger partial charge in [-0.25, -0.2) is 0 Å². The zero-order chi connectivity index (χ0) is 13.2. The lowest BCUT2D eigenvalue weighted by molar-refractivity contribution is -0.146. The van der Waals surface area contributed by atoms with Crippen molar-refractivity contribution in [3.05, 3.63) is 0 Å². The molecule has 1 aliphatic heterocycles. The molecule has 1 amide bonds. The van der Waals surface area contributed by atoms with Crippen LogP contribution in [0.25, 0.3) is 0 Å². The molecule has 2 fully saturated rings. The molecule has 2 atom stereocenters. The zero-order valence-corrected chi connectivity index (χ0v) is 12.0. The molecule has 0 radical (unpaired) electrons. The highest BCUT2D eigenvalue weighted by Gasteiger charge is 2.42. The number of likely N-dealkylation sites (tertiary alicyclic amines) is 1. The van der Waals surface area contributed by atoms with E-state index < -0.39 is 0 Å². The Balaban J connectivity index is 2.08. The van der Waals surface area contributed by atoms with Crippen molar-refractivity contribution in [1.29, 1.82) is 0 Å². The number of amides is 1. The molecule has 18 heavy (non-hydrogen) atoms. The maximum absolute atomic E-state index is 12.8. The first-order valence-corrected chi connectivity index (χ1v) is 7.57. The summed E-state index contributed by atoms with van der Waals surface area (Å²) in [5, 5.41) is 0. The van der Waals surface area contributed by atoms with E-state index in [2.05, 4.69) is 18.7 Å². The van der Waals surface area contributed by atoms with Crippen LogP contribution in [-0.2, 0) is 4.79 Å². The maximum atomic E-state index is 12.8. The van der Waals surface area contributed by atoms with Crippen LogP contribution in [0.2, 0.25) is 0 Å². The molecule has 0 aromatic carbocycles. The predicted molar refractivity (Wildman–Crippen MR) is 74.1 cm³/mol. The molecule has 2 rings (SSSR count). The van der Waals surface area contributed by atoms with E-state index in [9.17, 15) is 4.79 Å². The Morgan fingerprint density at radius 2 is 1.72 bits per heavy atom. The number of rotatable bonds is 2. The van der Waals surface area contributed by atoms with E-state index in [4.69, 9.17) is 5.73 Å². The van der Waals surface area contributed by atoms with Crippen LogP contribution in [-0.4, -0.2) is 30.4 Å². The second-order valence-electron chi connectivity index (χ2n) is 6.70. The number of carbonyl (C=O) groups is 1. The molecule has 2 aliphatic rings. The quantitative estimate of drug-likeness (QED) is 0.820. The predicted octanol–water partition coefficient (Wildman–Crippen LogP) is 2.40. The summed E-state index contributed by atoms with van der Waals surface area (Å²) in [5.41, 5.74) is 5.74. The Labute approximate surface area is 111 Å². The fourth-order valence-corrected chi connectivity index (χ4v) is 3.90. The van der Waals surface area contributed by atoms with Crippen molar-refractivity contribution in [2.75, 3.05) is 19.6 Å². The van der Waals surface area contributed by atoms with Gasteiger partial charge in [-0.3, -0.25) is 4.79 Å². The van der Waals surface area contributed by atoms with Gasteiger partial charge in [0, 0.05) is 19.6 Å². The summed E-state index contributed by atoms with van der Waals surface area (Å²) in [7, 11) is 0. The summed E-state index contributed by atoms with van der Waals surface area (Å²) < 4.78 is 0. The van der Waals surface area contributed by atoms with Crippen LogP contribution in [0.15, 0.2) is 0 Å². The van der Waals surface area contributed by atoms with E-state index in [1.54, 1.807) is 0 Å². The van der Waals surface area contributed by atoms with Gasteiger partial charge in [0.15, 0.2) is 0 Å². The Kier molecular flexibility index (Phi) is 4.31. The van der Waals surface area contributed by atoms with E-state index in [-0.39, 0.29) is 5.41 Å². The third kappa shape index (κ3) is 2.71. The number of nitrogens with two attached hydrogens (primary N) is 1. The van der Waals surface area contributed by atoms with Crippen LogP contribution in [0.3, 0.4) is 0 Å². The molecule has 0 aromatic heterocycles. The molecule has 0 bridgehead atoms. The molecule has 1 heterocycles. The van der Waals surface area contributed by atoms with Gasteiger partial charge in [0.05, 0.1) is 5.41 Å². The van der Waals surface area contributed by atoms with Crippen LogP contribution >= 0.6 is 0 Å². The first-order valence-electron chi connectivity index (χ1n) is 7.57. The molecule has 1 aliphatic carbocycles. The number of nitrogens with zero attached hydrogens (tertiary/aromatic N) is 1. The van der Waals surface area contributed by atoms with E-state index in [1.165, 1.54) is 25.7 Å². The van der Waals surface area contributed by atoms with E-state index in [0.29, 0.717) is 24.3 Å². The van der Waals surface area contributed by atoms with Gasteiger partial charge < -0.3 is 10.6 Å². The van der Waals surface area contributed by atoms with Gasteiger partial charge in [0.1, 0.15) is 0 Å². The fourth-order valence-electron chi connectivity index (χ4n) is 3.90.